The van der Waals surface area contributed by atoms with Crippen LogP contribution < -0.4 is 0 Å². The van der Waals surface area contributed by atoms with E-state index in [0.29, 0.717) is 5.56 Å². The first-order valence-corrected chi connectivity index (χ1v) is 14.1. The summed E-state index contributed by atoms with van der Waals surface area (Å²) >= 11 is 1.83. The topological polar surface area (TPSA) is 28.7 Å². The van der Waals surface area contributed by atoms with Gasteiger partial charge in [-0.25, -0.2) is 0 Å². The fourth-order valence-electron chi connectivity index (χ4n) is 6.00. The molecule has 8 rings (SSSR count). The summed E-state index contributed by atoms with van der Waals surface area (Å²) in [5.74, 6) is 0. The molecule has 0 unspecified atom stereocenters. The maximum absolute atomic E-state index is 9.94. The van der Waals surface area contributed by atoms with Crippen LogP contribution in [0.3, 0.4) is 0 Å². The van der Waals surface area contributed by atoms with E-state index in [1.54, 1.807) is 0 Å². The average molecular weight is 527 g/mol. The van der Waals surface area contributed by atoms with Crippen LogP contribution in [0.4, 0.5) is 0 Å². The van der Waals surface area contributed by atoms with Crippen molar-refractivity contribution in [2.45, 2.75) is 0 Å². The summed E-state index contributed by atoms with van der Waals surface area (Å²) in [5, 5.41) is 15.0. The summed E-state index contributed by atoms with van der Waals surface area (Å²) < 4.78 is 4.95. The van der Waals surface area contributed by atoms with E-state index in [1.165, 1.54) is 42.0 Å². The van der Waals surface area contributed by atoms with E-state index in [0.717, 1.165) is 27.9 Å². The average Bonchev–Trinajstić information content (AvgIpc) is 3.56. The normalized spacial score (nSPS) is 11.5. The Morgan fingerprint density at radius 2 is 1.12 bits per heavy atom. The summed E-state index contributed by atoms with van der Waals surface area (Å²) in [6, 6.07) is 49.6. The van der Waals surface area contributed by atoms with Gasteiger partial charge in [0, 0.05) is 36.6 Å². The molecule has 8 aromatic rings. The highest BCUT2D eigenvalue weighted by atomic mass is 32.1. The van der Waals surface area contributed by atoms with Gasteiger partial charge in [-0.1, -0.05) is 78.9 Å². The Bertz CT molecular complexity index is 2240. The number of benzene rings is 6. The SMILES string of the molecule is N#Cc1ccccc1-c1cc(-c2ccc3sc4ccccc4c3c2)cc(-n2c3ccccc3c3ccccc32)c1. The van der Waals surface area contributed by atoms with E-state index < -0.39 is 0 Å². The number of para-hydroxylation sites is 2. The number of nitrogens with zero attached hydrogens (tertiary/aromatic N) is 2. The predicted molar refractivity (Wildman–Crippen MR) is 169 cm³/mol. The lowest BCUT2D eigenvalue weighted by Gasteiger charge is -2.15. The van der Waals surface area contributed by atoms with E-state index in [1.807, 2.05) is 35.6 Å². The Morgan fingerprint density at radius 1 is 0.500 bits per heavy atom. The van der Waals surface area contributed by atoms with Crippen LogP contribution in [0.15, 0.2) is 133 Å². The summed E-state index contributed by atoms with van der Waals surface area (Å²) in [4.78, 5) is 0. The van der Waals surface area contributed by atoms with Gasteiger partial charge in [-0.3, -0.25) is 0 Å². The van der Waals surface area contributed by atoms with Gasteiger partial charge in [-0.05, 0) is 76.9 Å². The third-order valence-corrected chi connectivity index (χ3v) is 8.98. The van der Waals surface area contributed by atoms with Crippen LogP contribution in [0.5, 0.6) is 0 Å². The van der Waals surface area contributed by atoms with Crippen LogP contribution >= 0.6 is 11.3 Å². The second kappa shape index (κ2) is 8.95. The first kappa shape index (κ1) is 22.8. The largest absolute Gasteiger partial charge is 0.309 e. The smallest absolute Gasteiger partial charge is 0.0998 e. The Morgan fingerprint density at radius 3 is 1.90 bits per heavy atom. The Hall–Kier alpha value is -5.17. The van der Waals surface area contributed by atoms with Crippen molar-refractivity contribution in [1.82, 2.24) is 4.57 Å². The van der Waals surface area contributed by atoms with Crippen molar-refractivity contribution < 1.29 is 0 Å². The molecule has 0 atom stereocenters. The van der Waals surface area contributed by atoms with Gasteiger partial charge < -0.3 is 4.57 Å². The number of thiophene rings is 1. The minimum Gasteiger partial charge on any atom is -0.309 e. The molecule has 0 aliphatic carbocycles. The van der Waals surface area contributed by atoms with Crippen LogP contribution in [0.25, 0.3) is 69.9 Å². The Balaban J connectivity index is 1.44. The van der Waals surface area contributed by atoms with E-state index in [4.69, 9.17) is 0 Å². The second-order valence-corrected chi connectivity index (χ2v) is 11.2. The molecule has 0 bridgehead atoms. The molecule has 0 radical (unpaired) electrons. The molecule has 186 valence electrons. The third-order valence-electron chi connectivity index (χ3n) is 7.82. The van der Waals surface area contributed by atoms with Crippen molar-refractivity contribution >= 4 is 53.3 Å². The third kappa shape index (κ3) is 3.48. The van der Waals surface area contributed by atoms with E-state index >= 15 is 0 Å². The van der Waals surface area contributed by atoms with E-state index in [9.17, 15) is 5.26 Å². The van der Waals surface area contributed by atoms with Gasteiger partial charge in [0.25, 0.3) is 0 Å². The van der Waals surface area contributed by atoms with Gasteiger partial charge >= 0.3 is 0 Å². The van der Waals surface area contributed by atoms with Crippen molar-refractivity contribution in [3.05, 3.63) is 139 Å². The zero-order valence-corrected chi connectivity index (χ0v) is 22.3. The number of hydrogen-bond donors (Lipinski definition) is 0. The number of aromatic nitrogens is 1. The lowest BCUT2D eigenvalue weighted by atomic mass is 9.94. The lowest BCUT2D eigenvalue weighted by Crippen LogP contribution is -1.96. The number of hydrogen-bond acceptors (Lipinski definition) is 2. The van der Waals surface area contributed by atoms with Gasteiger partial charge in [-0.2, -0.15) is 5.26 Å². The maximum Gasteiger partial charge on any atom is 0.0998 e. The Kier molecular flexibility index (Phi) is 5.10. The molecule has 0 saturated heterocycles. The van der Waals surface area contributed by atoms with Crippen molar-refractivity contribution in [1.29, 1.82) is 5.26 Å². The van der Waals surface area contributed by atoms with E-state index in [-0.39, 0.29) is 0 Å². The molecule has 0 aliphatic heterocycles. The van der Waals surface area contributed by atoms with Gasteiger partial charge in [0.2, 0.25) is 0 Å². The van der Waals surface area contributed by atoms with Crippen LogP contribution in [0, 0.1) is 11.3 Å². The monoisotopic (exact) mass is 526 g/mol. The highest BCUT2D eigenvalue weighted by Crippen LogP contribution is 2.39. The van der Waals surface area contributed by atoms with Crippen LogP contribution in [0.2, 0.25) is 0 Å². The van der Waals surface area contributed by atoms with Gasteiger partial charge in [-0.15, -0.1) is 11.3 Å². The molecule has 2 nitrogen and oxygen atoms in total. The minimum atomic E-state index is 0.673. The first-order valence-electron chi connectivity index (χ1n) is 13.3. The Labute approximate surface area is 235 Å². The summed E-state index contributed by atoms with van der Waals surface area (Å²) in [6.45, 7) is 0. The molecule has 0 saturated carbocycles. The molecule has 0 amide bonds. The maximum atomic E-state index is 9.94. The molecule has 40 heavy (non-hydrogen) atoms. The highest BCUT2D eigenvalue weighted by molar-refractivity contribution is 7.25. The molecule has 0 spiro atoms. The van der Waals surface area contributed by atoms with Gasteiger partial charge in [0.15, 0.2) is 0 Å². The summed E-state index contributed by atoms with van der Waals surface area (Å²) in [7, 11) is 0. The van der Waals surface area contributed by atoms with Gasteiger partial charge in [0.1, 0.15) is 0 Å². The molecule has 2 heterocycles. The van der Waals surface area contributed by atoms with Crippen molar-refractivity contribution in [2.75, 3.05) is 0 Å². The second-order valence-electron chi connectivity index (χ2n) is 10.1. The van der Waals surface area contributed by atoms with Crippen LogP contribution in [-0.2, 0) is 0 Å². The highest BCUT2D eigenvalue weighted by Gasteiger charge is 2.16. The zero-order valence-electron chi connectivity index (χ0n) is 21.5. The molecule has 0 fully saturated rings. The van der Waals surface area contributed by atoms with E-state index in [2.05, 4.69) is 120 Å². The molecule has 0 N–H and O–H groups in total. The summed E-state index contributed by atoms with van der Waals surface area (Å²) in [5.41, 5.74) is 8.34. The fraction of sp³-hybridized carbons (Fsp3) is 0. The van der Waals surface area contributed by atoms with Crippen LogP contribution in [-0.4, -0.2) is 4.57 Å². The predicted octanol–water partition coefficient (Wildman–Crippen LogP) is 10.4. The van der Waals surface area contributed by atoms with Crippen molar-refractivity contribution in [3.63, 3.8) is 0 Å². The molecule has 2 aromatic heterocycles. The van der Waals surface area contributed by atoms with Crippen molar-refractivity contribution in [2.24, 2.45) is 0 Å². The molecule has 3 heteroatoms. The molecular formula is C37H22N2S. The van der Waals surface area contributed by atoms with Gasteiger partial charge in [0.05, 0.1) is 22.7 Å². The number of nitriles is 1. The number of rotatable bonds is 3. The summed E-state index contributed by atoms with van der Waals surface area (Å²) in [6.07, 6.45) is 0. The number of fused-ring (bicyclic) bond motifs is 6. The first-order chi connectivity index (χ1) is 19.8. The molecule has 6 aromatic carbocycles. The van der Waals surface area contributed by atoms with Crippen molar-refractivity contribution in [3.8, 4) is 34.0 Å². The molecule has 0 aliphatic rings. The zero-order chi connectivity index (χ0) is 26.6. The lowest BCUT2D eigenvalue weighted by molar-refractivity contribution is 1.18. The standard InChI is InChI=1S/C37H22N2S/c38-23-25-9-1-2-10-29(25)27-19-26(24-17-18-37-33(22-24)32-13-5-8-16-36(32)40-37)20-28(21-27)39-34-14-6-3-11-30(34)31-12-4-7-15-35(31)39/h1-22H. The van der Waals surface area contributed by atoms with Crippen LogP contribution in [0.1, 0.15) is 5.56 Å². The molecular weight excluding hydrogens is 504 g/mol. The minimum absolute atomic E-state index is 0.673. The quantitative estimate of drug-likeness (QED) is 0.225. The fourth-order valence-corrected chi connectivity index (χ4v) is 7.09.